The molecule has 3 aromatic rings. The molecule has 0 spiro atoms. The van der Waals surface area contributed by atoms with Crippen LogP contribution in [0.2, 0.25) is 0 Å². The van der Waals surface area contributed by atoms with Gasteiger partial charge in [-0.05, 0) is 24.1 Å². The summed E-state index contributed by atoms with van der Waals surface area (Å²) in [5, 5.41) is 9.24. The van der Waals surface area contributed by atoms with E-state index in [-0.39, 0.29) is 17.9 Å². The van der Waals surface area contributed by atoms with Crippen LogP contribution in [0.15, 0.2) is 53.7 Å². The lowest BCUT2D eigenvalue weighted by Gasteiger charge is -2.23. The summed E-state index contributed by atoms with van der Waals surface area (Å²) in [6.07, 6.45) is -2.38. The summed E-state index contributed by atoms with van der Waals surface area (Å²) in [7, 11) is 0. The monoisotopic (exact) mass is 420 g/mol. The van der Waals surface area contributed by atoms with E-state index in [9.17, 15) is 32.0 Å². The van der Waals surface area contributed by atoms with Crippen molar-refractivity contribution in [2.45, 2.75) is 25.6 Å². The molecule has 0 saturated heterocycles. The van der Waals surface area contributed by atoms with Crippen LogP contribution in [0.1, 0.15) is 22.3 Å². The number of hydrogen-bond donors (Lipinski definition) is 0. The lowest BCUT2D eigenvalue weighted by molar-refractivity contribution is -0.289. The number of aromatic nitrogens is 3. The third-order valence-electron chi connectivity index (χ3n) is 4.52. The molecule has 0 radical (unpaired) electrons. The molecule has 0 unspecified atom stereocenters. The van der Waals surface area contributed by atoms with Gasteiger partial charge in [-0.25, -0.2) is 0 Å². The molecule has 0 aliphatic rings. The van der Waals surface area contributed by atoms with Gasteiger partial charge in [0.15, 0.2) is 0 Å². The van der Waals surface area contributed by atoms with E-state index in [4.69, 9.17) is 0 Å². The SMILES string of the molecule is Cc1ccccc1Cn1c(-c2cnccn2)cc(C(F)(F)C(F)(F)F)c(C#N)c1=O. The van der Waals surface area contributed by atoms with E-state index < -0.39 is 28.8 Å². The second kappa shape index (κ2) is 7.67. The normalized spacial score (nSPS) is 11.9. The average molecular weight is 420 g/mol. The maximum atomic E-state index is 14.1. The molecule has 0 N–H and O–H groups in total. The van der Waals surface area contributed by atoms with E-state index in [1.54, 1.807) is 31.2 Å². The molecule has 2 aromatic heterocycles. The van der Waals surface area contributed by atoms with Crippen molar-refractivity contribution >= 4 is 0 Å². The van der Waals surface area contributed by atoms with E-state index in [0.29, 0.717) is 11.6 Å². The molecule has 30 heavy (non-hydrogen) atoms. The summed E-state index contributed by atoms with van der Waals surface area (Å²) >= 11 is 0. The number of rotatable bonds is 4. The van der Waals surface area contributed by atoms with E-state index in [0.717, 1.165) is 16.3 Å². The second-order valence-corrected chi connectivity index (χ2v) is 6.41. The highest BCUT2D eigenvalue weighted by molar-refractivity contribution is 5.58. The Morgan fingerprint density at radius 3 is 2.40 bits per heavy atom. The van der Waals surface area contributed by atoms with E-state index in [1.807, 2.05) is 0 Å². The average Bonchev–Trinajstić information content (AvgIpc) is 2.70. The summed E-state index contributed by atoms with van der Waals surface area (Å²) in [6, 6.07) is 8.55. The van der Waals surface area contributed by atoms with Crippen LogP contribution < -0.4 is 5.56 Å². The van der Waals surface area contributed by atoms with Gasteiger partial charge in [0, 0.05) is 12.4 Å². The number of aryl methyl sites for hydroxylation is 1. The Morgan fingerprint density at radius 1 is 1.13 bits per heavy atom. The van der Waals surface area contributed by atoms with Crippen LogP contribution in [0, 0.1) is 18.3 Å². The van der Waals surface area contributed by atoms with Gasteiger partial charge >= 0.3 is 12.1 Å². The van der Waals surface area contributed by atoms with Crippen LogP contribution >= 0.6 is 0 Å². The summed E-state index contributed by atoms with van der Waals surface area (Å²) in [6.45, 7) is 1.59. The Labute approximate surface area is 167 Å². The van der Waals surface area contributed by atoms with Gasteiger partial charge in [0.25, 0.3) is 5.56 Å². The van der Waals surface area contributed by atoms with Gasteiger partial charge in [-0.2, -0.15) is 27.2 Å². The molecular weight excluding hydrogens is 407 g/mol. The number of benzene rings is 1. The summed E-state index contributed by atoms with van der Waals surface area (Å²) in [5.41, 5.74) is -3.30. The molecule has 0 aliphatic carbocycles. The Balaban J connectivity index is 2.36. The smallest absolute Gasteiger partial charge is 0.301 e. The third kappa shape index (κ3) is 3.66. The summed E-state index contributed by atoms with van der Waals surface area (Å²) < 4.78 is 68.3. The van der Waals surface area contributed by atoms with Crippen LogP contribution in [0.3, 0.4) is 0 Å². The zero-order valence-electron chi connectivity index (χ0n) is 15.4. The van der Waals surface area contributed by atoms with Crippen molar-refractivity contribution in [2.24, 2.45) is 0 Å². The molecule has 5 nitrogen and oxygen atoms in total. The van der Waals surface area contributed by atoms with Crippen molar-refractivity contribution in [3.63, 3.8) is 0 Å². The fourth-order valence-electron chi connectivity index (χ4n) is 2.91. The first kappa shape index (κ1) is 21.1. The zero-order chi connectivity index (χ0) is 22.1. The van der Waals surface area contributed by atoms with Crippen LogP contribution in [-0.2, 0) is 12.5 Å². The van der Waals surface area contributed by atoms with Gasteiger partial charge in [-0.15, -0.1) is 0 Å². The number of halogens is 5. The number of nitrogens with zero attached hydrogens (tertiary/aromatic N) is 4. The molecule has 1 aromatic carbocycles. The maximum absolute atomic E-state index is 14.1. The van der Waals surface area contributed by atoms with Crippen LogP contribution in [0.5, 0.6) is 0 Å². The van der Waals surface area contributed by atoms with Gasteiger partial charge in [0.1, 0.15) is 17.3 Å². The van der Waals surface area contributed by atoms with Crippen molar-refractivity contribution in [3.05, 3.63) is 81.5 Å². The van der Waals surface area contributed by atoms with E-state index in [2.05, 4.69) is 9.97 Å². The fraction of sp³-hybridized carbons (Fsp3) is 0.200. The van der Waals surface area contributed by atoms with Gasteiger partial charge in [-0.3, -0.25) is 14.8 Å². The van der Waals surface area contributed by atoms with Crippen molar-refractivity contribution in [3.8, 4) is 17.5 Å². The molecule has 154 valence electrons. The highest BCUT2D eigenvalue weighted by Crippen LogP contribution is 2.45. The van der Waals surface area contributed by atoms with Crippen LogP contribution in [-0.4, -0.2) is 20.7 Å². The number of nitriles is 1. The Kier molecular flexibility index (Phi) is 5.39. The first-order chi connectivity index (χ1) is 14.1. The predicted molar refractivity (Wildman–Crippen MR) is 96.7 cm³/mol. The van der Waals surface area contributed by atoms with E-state index in [1.165, 1.54) is 18.5 Å². The maximum Gasteiger partial charge on any atom is 0.458 e. The van der Waals surface area contributed by atoms with E-state index >= 15 is 0 Å². The van der Waals surface area contributed by atoms with Gasteiger partial charge in [0.05, 0.1) is 24.0 Å². The molecular formula is C20H13F5N4O. The molecule has 0 saturated carbocycles. The van der Waals surface area contributed by atoms with Crippen molar-refractivity contribution in [1.29, 1.82) is 5.26 Å². The summed E-state index contributed by atoms with van der Waals surface area (Å²) in [5.74, 6) is -5.41. The molecule has 0 amide bonds. The topological polar surface area (TPSA) is 71.6 Å². The molecule has 0 aliphatic heterocycles. The van der Waals surface area contributed by atoms with Gasteiger partial charge < -0.3 is 4.57 Å². The van der Waals surface area contributed by atoms with Gasteiger partial charge in [-0.1, -0.05) is 24.3 Å². The van der Waals surface area contributed by atoms with Crippen molar-refractivity contribution < 1.29 is 22.0 Å². The molecule has 0 bridgehead atoms. The Hall–Kier alpha value is -3.61. The first-order valence-electron chi connectivity index (χ1n) is 8.51. The molecule has 0 fully saturated rings. The van der Waals surface area contributed by atoms with Crippen LogP contribution in [0.4, 0.5) is 22.0 Å². The number of pyridine rings is 1. The van der Waals surface area contributed by atoms with Crippen LogP contribution in [0.25, 0.3) is 11.4 Å². The lowest BCUT2D eigenvalue weighted by Crippen LogP contribution is -2.38. The predicted octanol–water partition coefficient (Wildman–Crippen LogP) is 4.19. The Morgan fingerprint density at radius 2 is 1.83 bits per heavy atom. The first-order valence-corrected chi connectivity index (χ1v) is 8.51. The second-order valence-electron chi connectivity index (χ2n) is 6.41. The zero-order valence-corrected chi connectivity index (χ0v) is 15.4. The highest BCUT2D eigenvalue weighted by Gasteiger charge is 2.60. The number of hydrogen-bond acceptors (Lipinski definition) is 4. The summed E-state index contributed by atoms with van der Waals surface area (Å²) in [4.78, 5) is 20.6. The third-order valence-corrected chi connectivity index (χ3v) is 4.52. The minimum absolute atomic E-state index is 0.0908. The van der Waals surface area contributed by atoms with Crippen molar-refractivity contribution in [2.75, 3.05) is 0 Å². The van der Waals surface area contributed by atoms with Crippen molar-refractivity contribution in [1.82, 2.24) is 14.5 Å². The van der Waals surface area contributed by atoms with Gasteiger partial charge in [0.2, 0.25) is 0 Å². The standard InChI is InChI=1S/C20H13F5N4O/c1-12-4-2-3-5-13(12)11-29-17(16-10-27-6-7-28-16)8-15(14(9-26)18(29)30)19(21,22)20(23,24)25/h2-8,10H,11H2,1H3. The Bertz CT molecular complexity index is 1180. The quantitative estimate of drug-likeness (QED) is 0.594. The molecule has 10 heteroatoms. The molecule has 3 rings (SSSR count). The number of alkyl halides is 5. The molecule has 0 atom stereocenters. The molecule has 2 heterocycles. The largest absolute Gasteiger partial charge is 0.458 e. The fourth-order valence-corrected chi connectivity index (χ4v) is 2.91. The lowest BCUT2D eigenvalue weighted by atomic mass is 10.0. The highest BCUT2D eigenvalue weighted by atomic mass is 19.4. The minimum atomic E-state index is -5.99. The minimum Gasteiger partial charge on any atom is -0.301 e.